The maximum absolute atomic E-state index is 13.3. The Bertz CT molecular complexity index is 1410. The van der Waals surface area contributed by atoms with Gasteiger partial charge in [0.05, 0.1) is 11.4 Å². The van der Waals surface area contributed by atoms with Crippen molar-refractivity contribution in [1.82, 2.24) is 4.98 Å². The molecule has 1 N–H and O–H groups in total. The van der Waals surface area contributed by atoms with Crippen molar-refractivity contribution in [1.29, 1.82) is 0 Å². The van der Waals surface area contributed by atoms with Gasteiger partial charge in [-0.3, -0.25) is 14.5 Å². The van der Waals surface area contributed by atoms with Gasteiger partial charge in [0.1, 0.15) is 17.3 Å². The molecule has 6 nitrogen and oxygen atoms in total. The van der Waals surface area contributed by atoms with Gasteiger partial charge in [-0.15, -0.1) is 11.3 Å². The first kappa shape index (κ1) is 23.8. The van der Waals surface area contributed by atoms with E-state index in [1.807, 2.05) is 92.9 Å². The molecule has 1 aliphatic rings. The minimum absolute atomic E-state index is 0.103. The van der Waals surface area contributed by atoms with Gasteiger partial charge in [-0.1, -0.05) is 43.3 Å². The number of carbonyl (C=O) groups is 2. The lowest BCUT2D eigenvalue weighted by molar-refractivity contribution is -0.128. The number of hydrogen-bond donors (Lipinski definition) is 1. The van der Waals surface area contributed by atoms with Crippen LogP contribution >= 0.6 is 11.3 Å². The average molecular weight is 498 g/mol. The monoisotopic (exact) mass is 497 g/mol. The van der Waals surface area contributed by atoms with Crippen molar-refractivity contribution in [3.63, 3.8) is 0 Å². The van der Waals surface area contributed by atoms with E-state index in [1.165, 1.54) is 4.90 Å². The van der Waals surface area contributed by atoms with Crippen LogP contribution in [0.15, 0.2) is 72.1 Å². The van der Waals surface area contributed by atoms with Gasteiger partial charge in [-0.25, -0.2) is 4.98 Å². The number of amides is 2. The Morgan fingerprint density at radius 2 is 1.78 bits per heavy atom. The molecule has 2 amide bonds. The second-order valence-electron chi connectivity index (χ2n) is 8.95. The molecule has 182 valence electrons. The molecule has 7 heteroatoms. The first-order valence-electron chi connectivity index (χ1n) is 11.9. The molecule has 1 atom stereocenters. The Hall–Kier alpha value is -3.97. The number of aryl methyl sites for hydroxylation is 2. The van der Waals surface area contributed by atoms with Crippen LogP contribution < -0.4 is 15.0 Å². The van der Waals surface area contributed by atoms with Gasteiger partial charge in [0.2, 0.25) is 5.91 Å². The molecule has 36 heavy (non-hydrogen) atoms. The maximum atomic E-state index is 13.3. The lowest BCUT2D eigenvalue weighted by atomic mass is 10.1. The SMILES string of the molecule is CCC1Oc2ccc(-c3csc(-c4ccccc4)n3)cc2N(CC(=O)Nc2cc(C)cc(C)c2)C1=O. The molecule has 1 unspecified atom stereocenters. The standard InChI is InChI=1S/C29H27N3O3S/c1-4-25-29(34)32(16-27(33)30-22-13-18(2)12-19(3)14-22)24-15-21(10-11-26(24)35-25)23-17-36-28(31-23)20-8-6-5-7-9-20/h5-15,17,25H,4,16H2,1-3H3,(H,30,33). The summed E-state index contributed by atoms with van der Waals surface area (Å²) in [5.74, 6) is 0.102. The molecule has 0 radical (unpaired) electrons. The van der Waals surface area contributed by atoms with Crippen LogP contribution in [0.5, 0.6) is 5.75 Å². The Morgan fingerprint density at radius 3 is 2.50 bits per heavy atom. The van der Waals surface area contributed by atoms with Gasteiger partial charge < -0.3 is 10.1 Å². The Morgan fingerprint density at radius 1 is 1.03 bits per heavy atom. The molecule has 0 saturated carbocycles. The quantitative estimate of drug-likeness (QED) is 0.342. The highest BCUT2D eigenvalue weighted by Gasteiger charge is 2.34. The van der Waals surface area contributed by atoms with Crippen molar-refractivity contribution >= 4 is 34.5 Å². The van der Waals surface area contributed by atoms with E-state index < -0.39 is 6.10 Å². The van der Waals surface area contributed by atoms with Crippen LogP contribution in [-0.2, 0) is 9.59 Å². The third-order valence-corrected chi connectivity index (χ3v) is 6.95. The summed E-state index contributed by atoms with van der Waals surface area (Å²) in [6.07, 6.45) is -0.108. The van der Waals surface area contributed by atoms with Crippen molar-refractivity contribution in [2.45, 2.75) is 33.3 Å². The van der Waals surface area contributed by atoms with E-state index >= 15 is 0 Å². The fourth-order valence-electron chi connectivity index (χ4n) is 4.42. The van der Waals surface area contributed by atoms with E-state index in [9.17, 15) is 9.59 Å². The normalized spacial score (nSPS) is 14.8. The summed E-state index contributed by atoms with van der Waals surface area (Å²) in [6, 6.07) is 21.6. The van der Waals surface area contributed by atoms with Crippen LogP contribution in [0, 0.1) is 13.8 Å². The first-order valence-corrected chi connectivity index (χ1v) is 12.8. The molecular formula is C29H27N3O3S. The van der Waals surface area contributed by atoms with Crippen LogP contribution in [-0.4, -0.2) is 29.4 Å². The molecular weight excluding hydrogens is 470 g/mol. The number of hydrogen-bond acceptors (Lipinski definition) is 5. The van der Waals surface area contributed by atoms with Crippen molar-refractivity contribution in [2.24, 2.45) is 0 Å². The number of aromatic nitrogens is 1. The van der Waals surface area contributed by atoms with E-state index in [4.69, 9.17) is 9.72 Å². The van der Waals surface area contributed by atoms with Crippen molar-refractivity contribution in [2.75, 3.05) is 16.8 Å². The number of benzene rings is 3. The van der Waals surface area contributed by atoms with E-state index in [-0.39, 0.29) is 18.4 Å². The van der Waals surface area contributed by atoms with Gasteiger partial charge >= 0.3 is 0 Å². The van der Waals surface area contributed by atoms with Crippen LogP contribution in [0.1, 0.15) is 24.5 Å². The zero-order chi connectivity index (χ0) is 25.2. The highest BCUT2D eigenvalue weighted by Crippen LogP contribution is 2.39. The number of anilines is 2. The predicted octanol–water partition coefficient (Wildman–Crippen LogP) is 6.24. The average Bonchev–Trinajstić information content (AvgIpc) is 3.35. The summed E-state index contributed by atoms with van der Waals surface area (Å²) in [5, 5.41) is 5.86. The number of nitrogens with zero attached hydrogens (tertiary/aromatic N) is 2. The number of ether oxygens (including phenoxy) is 1. The molecule has 0 saturated heterocycles. The lowest BCUT2D eigenvalue weighted by Crippen LogP contribution is -2.48. The highest BCUT2D eigenvalue weighted by atomic mass is 32.1. The molecule has 0 aliphatic carbocycles. The summed E-state index contributed by atoms with van der Waals surface area (Å²) in [6.45, 7) is 5.77. The third-order valence-electron chi connectivity index (χ3n) is 6.06. The molecule has 2 heterocycles. The van der Waals surface area contributed by atoms with Gasteiger partial charge in [-0.2, -0.15) is 0 Å². The lowest BCUT2D eigenvalue weighted by Gasteiger charge is -2.34. The van der Waals surface area contributed by atoms with Gasteiger partial charge in [0, 0.05) is 22.2 Å². The van der Waals surface area contributed by atoms with E-state index in [2.05, 4.69) is 5.32 Å². The zero-order valence-corrected chi connectivity index (χ0v) is 21.3. The molecule has 4 aromatic rings. The number of rotatable bonds is 6. The van der Waals surface area contributed by atoms with Gasteiger partial charge in [0.25, 0.3) is 5.91 Å². The second kappa shape index (κ2) is 9.95. The fourth-order valence-corrected chi connectivity index (χ4v) is 5.25. The van der Waals surface area contributed by atoms with E-state index in [1.54, 1.807) is 11.3 Å². The largest absolute Gasteiger partial charge is 0.478 e. The summed E-state index contributed by atoms with van der Waals surface area (Å²) in [5.41, 5.74) is 6.14. The van der Waals surface area contributed by atoms with Crippen LogP contribution in [0.3, 0.4) is 0 Å². The molecule has 3 aromatic carbocycles. The van der Waals surface area contributed by atoms with E-state index in [0.29, 0.717) is 17.9 Å². The van der Waals surface area contributed by atoms with Crippen LogP contribution in [0.4, 0.5) is 11.4 Å². The Kier molecular flexibility index (Phi) is 6.57. The second-order valence-corrected chi connectivity index (χ2v) is 9.81. The molecule has 1 aromatic heterocycles. The van der Waals surface area contributed by atoms with E-state index in [0.717, 1.165) is 38.6 Å². The molecule has 0 bridgehead atoms. The van der Waals surface area contributed by atoms with Crippen molar-refractivity contribution in [3.05, 3.63) is 83.2 Å². The summed E-state index contributed by atoms with van der Waals surface area (Å²) >= 11 is 1.57. The van der Waals surface area contributed by atoms with Crippen molar-refractivity contribution in [3.8, 4) is 27.6 Å². The van der Waals surface area contributed by atoms with Gasteiger partial charge in [0.15, 0.2) is 6.10 Å². The third kappa shape index (κ3) is 4.88. The Balaban J connectivity index is 1.44. The number of nitrogens with one attached hydrogen (secondary N) is 1. The fraction of sp³-hybridized carbons (Fsp3) is 0.207. The van der Waals surface area contributed by atoms with Gasteiger partial charge in [-0.05, 0) is 61.7 Å². The summed E-state index contributed by atoms with van der Waals surface area (Å²) in [7, 11) is 0. The molecule has 0 spiro atoms. The number of thiazole rings is 1. The number of carbonyl (C=O) groups excluding carboxylic acids is 2. The van der Waals surface area contributed by atoms with Crippen LogP contribution in [0.25, 0.3) is 21.8 Å². The maximum Gasteiger partial charge on any atom is 0.268 e. The Labute approximate surface area is 214 Å². The topological polar surface area (TPSA) is 71.5 Å². The molecule has 5 rings (SSSR count). The zero-order valence-electron chi connectivity index (χ0n) is 20.4. The molecule has 1 aliphatic heterocycles. The minimum atomic E-state index is -0.624. The molecule has 0 fully saturated rings. The minimum Gasteiger partial charge on any atom is -0.478 e. The smallest absolute Gasteiger partial charge is 0.268 e. The highest BCUT2D eigenvalue weighted by molar-refractivity contribution is 7.13. The summed E-state index contributed by atoms with van der Waals surface area (Å²) in [4.78, 5) is 32.6. The van der Waals surface area contributed by atoms with Crippen molar-refractivity contribution < 1.29 is 14.3 Å². The first-order chi connectivity index (χ1) is 17.4. The summed E-state index contributed by atoms with van der Waals surface area (Å²) < 4.78 is 5.98. The van der Waals surface area contributed by atoms with Crippen LogP contribution in [0.2, 0.25) is 0 Å². The predicted molar refractivity (Wildman–Crippen MR) is 145 cm³/mol. The number of fused-ring (bicyclic) bond motifs is 1.